The van der Waals surface area contributed by atoms with Gasteiger partial charge in [0.15, 0.2) is 23.9 Å². The second-order valence-corrected chi connectivity index (χ2v) is 8.32. The summed E-state index contributed by atoms with van der Waals surface area (Å²) in [7, 11) is 0. The fraction of sp³-hybridized carbons (Fsp3) is 0.111. The van der Waals surface area contributed by atoms with Crippen molar-refractivity contribution < 1.29 is 23.8 Å². The van der Waals surface area contributed by atoms with Gasteiger partial charge in [-0.25, -0.2) is 9.78 Å². The number of aliphatic carboxylic acids is 1. The summed E-state index contributed by atoms with van der Waals surface area (Å²) in [5.74, 6) is -0.180. The van der Waals surface area contributed by atoms with Crippen molar-refractivity contribution in [2.24, 2.45) is 5.10 Å². The zero-order valence-corrected chi connectivity index (χ0v) is 20.3. The first-order valence-electron chi connectivity index (χ1n) is 11.3. The Morgan fingerprint density at radius 1 is 1.14 bits per heavy atom. The van der Waals surface area contributed by atoms with Gasteiger partial charge in [0.1, 0.15) is 5.58 Å². The lowest BCUT2D eigenvalue weighted by atomic mass is 10.2. The number of halogens is 1. The molecule has 10 heteroatoms. The molecule has 2 heterocycles. The van der Waals surface area contributed by atoms with Crippen molar-refractivity contribution in [3.63, 3.8) is 0 Å². The zero-order valence-electron chi connectivity index (χ0n) is 19.6. The summed E-state index contributed by atoms with van der Waals surface area (Å²) in [5.41, 5.74) is 1.28. The Balaban J connectivity index is 1.63. The Morgan fingerprint density at radius 3 is 2.70 bits per heavy atom. The number of nitrogens with zero attached hydrogens (tertiary/aromatic N) is 3. The Bertz CT molecular complexity index is 1690. The van der Waals surface area contributed by atoms with Gasteiger partial charge in [0.2, 0.25) is 5.82 Å². The molecule has 0 amide bonds. The molecule has 5 aromatic rings. The van der Waals surface area contributed by atoms with Crippen molar-refractivity contribution in [2.45, 2.75) is 6.92 Å². The van der Waals surface area contributed by atoms with E-state index in [0.717, 1.165) is 5.39 Å². The normalized spacial score (nSPS) is 11.4. The minimum Gasteiger partial charge on any atom is -0.490 e. The van der Waals surface area contributed by atoms with Gasteiger partial charge >= 0.3 is 5.97 Å². The van der Waals surface area contributed by atoms with Crippen LogP contribution in [-0.2, 0) is 4.79 Å². The number of benzene rings is 3. The molecule has 1 N–H and O–H groups in total. The highest BCUT2D eigenvalue weighted by Gasteiger charge is 2.17. The van der Waals surface area contributed by atoms with Crippen LogP contribution in [0.1, 0.15) is 12.5 Å². The number of carboxylic acids is 1. The van der Waals surface area contributed by atoms with Crippen LogP contribution in [0, 0.1) is 0 Å². The van der Waals surface area contributed by atoms with Crippen LogP contribution in [0.2, 0.25) is 5.02 Å². The monoisotopic (exact) mass is 517 g/mol. The van der Waals surface area contributed by atoms with Crippen LogP contribution < -0.4 is 15.0 Å². The quantitative estimate of drug-likeness (QED) is 0.281. The predicted octanol–water partition coefficient (Wildman–Crippen LogP) is 5.21. The minimum atomic E-state index is -1.15. The molecule has 0 unspecified atom stereocenters. The maximum absolute atomic E-state index is 13.4. The molecule has 186 valence electrons. The van der Waals surface area contributed by atoms with E-state index in [-0.39, 0.29) is 27.9 Å². The molecule has 0 aliphatic rings. The van der Waals surface area contributed by atoms with Gasteiger partial charge < -0.3 is 19.0 Å². The Morgan fingerprint density at radius 2 is 1.92 bits per heavy atom. The number of furan rings is 1. The highest BCUT2D eigenvalue weighted by Crippen LogP contribution is 2.36. The molecule has 0 fully saturated rings. The molecule has 0 saturated carbocycles. The molecule has 3 aromatic carbocycles. The van der Waals surface area contributed by atoms with E-state index in [1.807, 2.05) is 24.3 Å². The lowest BCUT2D eigenvalue weighted by molar-refractivity contribution is -0.139. The summed E-state index contributed by atoms with van der Waals surface area (Å²) in [6.07, 6.45) is 1.43. The summed E-state index contributed by atoms with van der Waals surface area (Å²) < 4.78 is 18.0. The first kappa shape index (κ1) is 24.1. The zero-order chi connectivity index (χ0) is 25.9. The second-order valence-electron chi connectivity index (χ2n) is 7.91. The van der Waals surface area contributed by atoms with E-state index in [1.54, 1.807) is 43.3 Å². The lowest BCUT2D eigenvalue weighted by Crippen LogP contribution is -2.20. The van der Waals surface area contributed by atoms with Crippen LogP contribution >= 0.6 is 11.6 Å². The van der Waals surface area contributed by atoms with E-state index in [0.29, 0.717) is 34.4 Å². The minimum absolute atomic E-state index is 0.107. The third-order valence-electron chi connectivity index (χ3n) is 5.39. The van der Waals surface area contributed by atoms with Crippen molar-refractivity contribution in [2.75, 3.05) is 13.2 Å². The molecule has 5 rings (SSSR count). The highest BCUT2D eigenvalue weighted by molar-refractivity contribution is 6.32. The number of carbonyl (C=O) groups is 1. The number of carboxylic acid groups (broad SMARTS) is 1. The number of hydrogen-bond acceptors (Lipinski definition) is 7. The summed E-state index contributed by atoms with van der Waals surface area (Å²) in [6, 6.07) is 19.4. The van der Waals surface area contributed by atoms with Gasteiger partial charge in [-0.3, -0.25) is 4.79 Å². The van der Waals surface area contributed by atoms with Crippen molar-refractivity contribution in [3.8, 4) is 23.1 Å². The third kappa shape index (κ3) is 4.89. The number of hydrogen-bond donors (Lipinski definition) is 1. The predicted molar refractivity (Wildman–Crippen MR) is 140 cm³/mol. The fourth-order valence-electron chi connectivity index (χ4n) is 3.81. The summed E-state index contributed by atoms with van der Waals surface area (Å²) in [5, 5.41) is 14.8. The maximum Gasteiger partial charge on any atom is 0.341 e. The largest absolute Gasteiger partial charge is 0.490 e. The molecule has 0 aliphatic heterocycles. The Labute approximate surface area is 215 Å². The molecule has 0 spiro atoms. The average Bonchev–Trinajstić information content (AvgIpc) is 3.32. The highest BCUT2D eigenvalue weighted by atomic mass is 35.5. The summed E-state index contributed by atoms with van der Waals surface area (Å²) in [4.78, 5) is 29.0. The van der Waals surface area contributed by atoms with Crippen LogP contribution in [0.5, 0.6) is 11.5 Å². The van der Waals surface area contributed by atoms with Crippen LogP contribution in [0.4, 0.5) is 0 Å². The smallest absolute Gasteiger partial charge is 0.341 e. The first-order valence-corrected chi connectivity index (χ1v) is 11.7. The molecular weight excluding hydrogens is 498 g/mol. The van der Waals surface area contributed by atoms with Gasteiger partial charge in [0.25, 0.3) is 5.56 Å². The standard InChI is InChI=1S/C27H20ClN3O6/c1-2-35-22-12-16(11-19(28)25(22)36-15-24(32)33)14-29-31-26(23-13-17-7-3-6-10-21(17)37-23)30-20-9-5-4-8-18(20)27(31)34/h3-14H,2,15H2,1H3,(H,32,33). The van der Waals surface area contributed by atoms with Gasteiger partial charge in [-0.15, -0.1) is 0 Å². The molecule has 0 radical (unpaired) electrons. The number of fused-ring (bicyclic) bond motifs is 2. The van der Waals surface area contributed by atoms with E-state index < -0.39 is 12.6 Å². The molecule has 0 bridgehead atoms. The van der Waals surface area contributed by atoms with E-state index >= 15 is 0 Å². The first-order chi connectivity index (χ1) is 17.9. The molecule has 2 aromatic heterocycles. The summed E-state index contributed by atoms with van der Waals surface area (Å²) >= 11 is 6.36. The van der Waals surface area contributed by atoms with E-state index in [9.17, 15) is 9.59 Å². The number of aromatic nitrogens is 2. The SMILES string of the molecule is CCOc1cc(C=Nn2c(-c3cc4ccccc4o3)nc3ccccc3c2=O)cc(Cl)c1OCC(=O)O. The van der Waals surface area contributed by atoms with Gasteiger partial charge in [-0.2, -0.15) is 9.78 Å². The lowest BCUT2D eigenvalue weighted by Gasteiger charge is -2.13. The van der Waals surface area contributed by atoms with Gasteiger partial charge in [0.05, 0.1) is 28.7 Å². The molecule has 37 heavy (non-hydrogen) atoms. The van der Waals surface area contributed by atoms with Crippen LogP contribution in [0.15, 0.2) is 81.0 Å². The second kappa shape index (κ2) is 10.2. The topological polar surface area (TPSA) is 116 Å². The van der Waals surface area contributed by atoms with Crippen molar-refractivity contribution in [1.82, 2.24) is 9.66 Å². The molecule has 0 saturated heterocycles. The van der Waals surface area contributed by atoms with Crippen molar-refractivity contribution in [1.29, 1.82) is 0 Å². The van der Waals surface area contributed by atoms with Crippen LogP contribution in [0.3, 0.4) is 0 Å². The van der Waals surface area contributed by atoms with Crippen LogP contribution in [0.25, 0.3) is 33.5 Å². The number of ether oxygens (including phenoxy) is 2. The van der Waals surface area contributed by atoms with E-state index in [2.05, 4.69) is 10.1 Å². The van der Waals surface area contributed by atoms with Gasteiger partial charge in [0, 0.05) is 5.39 Å². The van der Waals surface area contributed by atoms with Crippen molar-refractivity contribution in [3.05, 3.63) is 87.7 Å². The molecule has 9 nitrogen and oxygen atoms in total. The van der Waals surface area contributed by atoms with E-state index in [4.69, 9.17) is 30.6 Å². The van der Waals surface area contributed by atoms with Crippen LogP contribution in [-0.4, -0.2) is 40.2 Å². The number of para-hydroxylation sites is 2. The summed E-state index contributed by atoms with van der Waals surface area (Å²) in [6.45, 7) is 1.49. The Hall–Kier alpha value is -4.63. The van der Waals surface area contributed by atoms with Crippen molar-refractivity contribution >= 4 is 45.7 Å². The fourth-order valence-corrected chi connectivity index (χ4v) is 4.08. The molecular formula is C27H20ClN3O6. The number of rotatable bonds is 8. The van der Waals surface area contributed by atoms with Gasteiger partial charge in [-0.05, 0) is 48.9 Å². The maximum atomic E-state index is 13.4. The Kier molecular flexibility index (Phi) is 6.61. The third-order valence-corrected chi connectivity index (χ3v) is 5.67. The molecule has 0 atom stereocenters. The van der Waals surface area contributed by atoms with Gasteiger partial charge in [-0.1, -0.05) is 41.9 Å². The average molecular weight is 518 g/mol. The molecule has 0 aliphatic carbocycles. The van der Waals surface area contributed by atoms with E-state index in [1.165, 1.54) is 17.0 Å².